The normalized spacial score (nSPS) is 18.8. The molecular weight excluding hydrogens is 412 g/mol. The van der Waals surface area contributed by atoms with Crippen LogP contribution in [0.4, 0.5) is 0 Å². The van der Waals surface area contributed by atoms with Gasteiger partial charge in [0.25, 0.3) is 0 Å². The minimum Gasteiger partial charge on any atom is -0.492 e. The first-order valence-electron chi connectivity index (χ1n) is 10.1. The van der Waals surface area contributed by atoms with Crippen LogP contribution in [0.25, 0.3) is 0 Å². The minimum absolute atomic E-state index is 0.0973. The van der Waals surface area contributed by atoms with Crippen molar-refractivity contribution in [2.75, 3.05) is 50.5 Å². The molecule has 0 spiro atoms. The first kappa shape index (κ1) is 24.1. The second-order valence-electron chi connectivity index (χ2n) is 8.22. The highest BCUT2D eigenvalue weighted by molar-refractivity contribution is 7.92. The van der Waals surface area contributed by atoms with Gasteiger partial charge in [0.15, 0.2) is 9.84 Å². The third-order valence-corrected chi connectivity index (χ3v) is 7.77. The summed E-state index contributed by atoms with van der Waals surface area (Å²) in [5.41, 5.74) is 0. The molecule has 0 aliphatic carbocycles. The Balaban J connectivity index is 1.82. The van der Waals surface area contributed by atoms with Crippen LogP contribution in [-0.2, 0) is 19.7 Å². The van der Waals surface area contributed by atoms with Crippen molar-refractivity contribution in [3.63, 3.8) is 0 Å². The van der Waals surface area contributed by atoms with E-state index in [0.29, 0.717) is 18.3 Å². The van der Waals surface area contributed by atoms with E-state index in [-0.39, 0.29) is 28.9 Å². The topological polar surface area (TPSA) is 92.8 Å². The molecule has 1 aromatic rings. The van der Waals surface area contributed by atoms with Crippen molar-refractivity contribution in [2.24, 2.45) is 5.92 Å². The van der Waals surface area contributed by atoms with Gasteiger partial charge in [0.2, 0.25) is 0 Å². The zero-order valence-electron chi connectivity index (χ0n) is 17.6. The van der Waals surface area contributed by atoms with Gasteiger partial charge in [-0.05, 0) is 49.6 Å². The van der Waals surface area contributed by atoms with E-state index in [1.165, 1.54) is 18.6 Å². The summed E-state index contributed by atoms with van der Waals surface area (Å²) >= 11 is 0. The molecule has 0 aromatic heterocycles. The average molecular weight is 447 g/mol. The summed E-state index contributed by atoms with van der Waals surface area (Å²) in [7, 11) is -6.65. The van der Waals surface area contributed by atoms with Crippen LogP contribution in [-0.4, -0.2) is 78.3 Å². The molecule has 7 nitrogen and oxygen atoms in total. The monoisotopic (exact) mass is 446 g/mol. The maximum atomic E-state index is 12.3. The Morgan fingerprint density at radius 2 is 1.83 bits per heavy atom. The Hall–Kier alpha value is -1.16. The number of piperazine rings is 1. The standard InChI is InChI=1S/C20H34N2O5S2/c1-17(2)9-11-22-12-10-21-18(15-22)16-27-19-5-7-20(8-6-19)29(25,26)14-4-13-28(3,23)24/h5-8,17-18,21H,4,9-16H2,1-3H3. The van der Waals surface area contributed by atoms with Crippen LogP contribution < -0.4 is 10.1 Å². The molecule has 1 N–H and O–H groups in total. The number of rotatable bonds is 11. The second kappa shape index (κ2) is 10.7. The van der Waals surface area contributed by atoms with Gasteiger partial charge in [-0.1, -0.05) is 13.8 Å². The van der Waals surface area contributed by atoms with E-state index in [2.05, 4.69) is 24.1 Å². The summed E-state index contributed by atoms with van der Waals surface area (Å²) in [4.78, 5) is 2.64. The SMILES string of the molecule is CC(C)CCN1CCNC(COc2ccc(S(=O)(=O)CCCS(C)(=O)=O)cc2)C1. The van der Waals surface area contributed by atoms with Gasteiger partial charge in [-0.3, -0.25) is 0 Å². The average Bonchev–Trinajstić information content (AvgIpc) is 2.64. The Morgan fingerprint density at radius 3 is 2.45 bits per heavy atom. The molecule has 0 radical (unpaired) electrons. The molecule has 9 heteroatoms. The molecule has 1 aliphatic heterocycles. The van der Waals surface area contributed by atoms with Gasteiger partial charge in [-0.15, -0.1) is 0 Å². The molecule has 166 valence electrons. The third kappa shape index (κ3) is 9.02. The number of nitrogens with zero attached hydrogens (tertiary/aromatic N) is 1. The fourth-order valence-corrected chi connectivity index (χ4v) is 5.38. The predicted octanol–water partition coefficient (Wildman–Crippen LogP) is 1.59. The molecule has 1 heterocycles. The molecule has 0 saturated carbocycles. The number of hydrogen-bond acceptors (Lipinski definition) is 7. The quantitative estimate of drug-likeness (QED) is 0.552. The maximum absolute atomic E-state index is 12.3. The van der Waals surface area contributed by atoms with Gasteiger partial charge >= 0.3 is 0 Å². The smallest absolute Gasteiger partial charge is 0.178 e. The van der Waals surface area contributed by atoms with E-state index in [0.717, 1.165) is 32.4 Å². The highest BCUT2D eigenvalue weighted by Gasteiger charge is 2.20. The van der Waals surface area contributed by atoms with Crippen LogP contribution in [0.5, 0.6) is 5.75 Å². The molecular formula is C20H34N2O5S2. The fraction of sp³-hybridized carbons (Fsp3) is 0.700. The first-order chi connectivity index (χ1) is 13.5. The lowest BCUT2D eigenvalue weighted by atomic mass is 10.1. The van der Waals surface area contributed by atoms with Crippen LogP contribution in [0.2, 0.25) is 0 Å². The van der Waals surface area contributed by atoms with Crippen molar-refractivity contribution < 1.29 is 21.6 Å². The van der Waals surface area contributed by atoms with Crippen molar-refractivity contribution in [3.05, 3.63) is 24.3 Å². The number of nitrogens with one attached hydrogen (secondary N) is 1. The van der Waals surface area contributed by atoms with Gasteiger partial charge in [-0.2, -0.15) is 0 Å². The van der Waals surface area contributed by atoms with Crippen molar-refractivity contribution >= 4 is 19.7 Å². The molecule has 1 aliphatic rings. The summed E-state index contributed by atoms with van der Waals surface area (Å²) in [5, 5.41) is 3.47. The van der Waals surface area contributed by atoms with Crippen LogP contribution in [0, 0.1) is 5.92 Å². The third-order valence-electron chi connectivity index (χ3n) is 4.92. The number of hydrogen-bond donors (Lipinski definition) is 1. The van der Waals surface area contributed by atoms with E-state index >= 15 is 0 Å². The minimum atomic E-state index is -3.49. The lowest BCUT2D eigenvalue weighted by Crippen LogP contribution is -2.53. The first-order valence-corrected chi connectivity index (χ1v) is 13.9. The van der Waals surface area contributed by atoms with Crippen LogP contribution in [0.1, 0.15) is 26.7 Å². The molecule has 0 bridgehead atoms. The molecule has 1 unspecified atom stereocenters. The summed E-state index contributed by atoms with van der Waals surface area (Å²) in [6, 6.07) is 6.60. The van der Waals surface area contributed by atoms with E-state index < -0.39 is 19.7 Å². The maximum Gasteiger partial charge on any atom is 0.178 e. The summed E-state index contributed by atoms with van der Waals surface area (Å²) in [6.07, 6.45) is 2.39. The van der Waals surface area contributed by atoms with E-state index in [1.807, 2.05) is 0 Å². The lowest BCUT2D eigenvalue weighted by molar-refractivity contribution is 0.153. The van der Waals surface area contributed by atoms with Crippen LogP contribution in [0.15, 0.2) is 29.2 Å². The molecule has 29 heavy (non-hydrogen) atoms. The molecule has 1 fully saturated rings. The van der Waals surface area contributed by atoms with Gasteiger partial charge in [0.1, 0.15) is 22.2 Å². The highest BCUT2D eigenvalue weighted by atomic mass is 32.2. The molecule has 2 rings (SSSR count). The lowest BCUT2D eigenvalue weighted by Gasteiger charge is -2.33. The van der Waals surface area contributed by atoms with Crippen molar-refractivity contribution in [3.8, 4) is 5.75 Å². The van der Waals surface area contributed by atoms with Crippen molar-refractivity contribution in [2.45, 2.75) is 37.6 Å². The van der Waals surface area contributed by atoms with Crippen molar-refractivity contribution in [1.29, 1.82) is 0 Å². The van der Waals surface area contributed by atoms with E-state index in [9.17, 15) is 16.8 Å². The van der Waals surface area contributed by atoms with Crippen LogP contribution in [0.3, 0.4) is 0 Å². The number of sulfone groups is 2. The fourth-order valence-electron chi connectivity index (χ4n) is 3.22. The van der Waals surface area contributed by atoms with Gasteiger partial charge in [-0.25, -0.2) is 16.8 Å². The van der Waals surface area contributed by atoms with Crippen LogP contribution >= 0.6 is 0 Å². The van der Waals surface area contributed by atoms with Crippen molar-refractivity contribution in [1.82, 2.24) is 10.2 Å². The summed E-state index contributed by atoms with van der Waals surface area (Å²) in [5.74, 6) is 1.01. The number of benzene rings is 1. The van der Waals surface area contributed by atoms with E-state index in [4.69, 9.17) is 4.74 Å². The summed E-state index contributed by atoms with van der Waals surface area (Å²) < 4.78 is 52.8. The van der Waals surface area contributed by atoms with Gasteiger partial charge < -0.3 is 15.0 Å². The largest absolute Gasteiger partial charge is 0.492 e. The zero-order valence-corrected chi connectivity index (χ0v) is 19.3. The highest BCUT2D eigenvalue weighted by Crippen LogP contribution is 2.18. The molecule has 0 amide bonds. The Labute approximate surface area is 175 Å². The Morgan fingerprint density at radius 1 is 1.14 bits per heavy atom. The molecule has 1 aromatic carbocycles. The zero-order chi connectivity index (χ0) is 21.5. The Kier molecular flexibility index (Phi) is 8.93. The Bertz CT molecular complexity index is 836. The number of ether oxygens (including phenoxy) is 1. The second-order valence-corrected chi connectivity index (χ2v) is 12.6. The van der Waals surface area contributed by atoms with Gasteiger partial charge in [0.05, 0.1) is 22.4 Å². The molecule has 1 atom stereocenters. The predicted molar refractivity (Wildman–Crippen MR) is 116 cm³/mol. The van der Waals surface area contributed by atoms with E-state index in [1.54, 1.807) is 12.1 Å². The summed E-state index contributed by atoms with van der Waals surface area (Å²) in [6.45, 7) is 9.03. The molecule has 1 saturated heterocycles. The van der Waals surface area contributed by atoms with Gasteiger partial charge in [0, 0.05) is 25.9 Å².